The zero-order valence-corrected chi connectivity index (χ0v) is 18.1. The Labute approximate surface area is 178 Å². The number of nitrogens with zero attached hydrogens (tertiary/aromatic N) is 1. The van der Waals surface area contributed by atoms with Crippen LogP contribution in [0, 0.1) is 0 Å². The minimum Gasteiger partial charge on any atom is -0.477 e. The first-order valence-corrected chi connectivity index (χ1v) is 11.2. The molecule has 152 valence electrons. The van der Waals surface area contributed by atoms with Gasteiger partial charge in [-0.25, -0.2) is 18.4 Å². The Morgan fingerprint density at radius 2 is 1.62 bits per heavy atom. The molecular weight excluding hydrogens is 432 g/mol. The smallest absolute Gasteiger partial charge is 0.346 e. The molecule has 1 aromatic heterocycles. The lowest BCUT2D eigenvalue weighted by Crippen LogP contribution is -2.12. The summed E-state index contributed by atoms with van der Waals surface area (Å²) in [5.41, 5.74) is 2.90. The molecule has 0 aliphatic rings. The minimum absolute atomic E-state index is 0.0274. The van der Waals surface area contributed by atoms with E-state index in [4.69, 9.17) is 16.7 Å². The summed E-state index contributed by atoms with van der Waals surface area (Å²) in [4.78, 5) is 15.0. The maximum Gasteiger partial charge on any atom is 0.346 e. The molecule has 3 N–H and O–H groups in total. The lowest BCUT2D eigenvalue weighted by Gasteiger charge is -2.14. The molecule has 0 atom stereocenters. The second-order valence-corrected chi connectivity index (χ2v) is 9.75. The molecule has 6 nitrogen and oxygen atoms in total. The van der Waals surface area contributed by atoms with Gasteiger partial charge in [0.25, 0.3) is 0 Å². The number of benzene rings is 2. The van der Waals surface area contributed by atoms with Crippen LogP contribution in [0.3, 0.4) is 0 Å². The largest absolute Gasteiger partial charge is 0.477 e. The zero-order valence-electron chi connectivity index (χ0n) is 15.7. The number of carboxylic acid groups (broad SMARTS) is 1. The van der Waals surface area contributed by atoms with Crippen LogP contribution in [-0.4, -0.2) is 38.5 Å². The average molecular weight is 451 g/mol. The average Bonchev–Trinajstić information content (AvgIpc) is 3.00. The number of rotatable bonds is 6. The monoisotopic (exact) mass is 450 g/mol. The third-order valence-electron chi connectivity index (χ3n) is 4.25. The zero-order chi connectivity index (χ0) is 21.3. The van der Waals surface area contributed by atoms with E-state index in [2.05, 4.69) is 0 Å². The summed E-state index contributed by atoms with van der Waals surface area (Å²) < 4.78 is 23.1. The lowest BCUT2D eigenvalue weighted by atomic mass is 9.97. The molecule has 0 aliphatic heterocycles. The van der Waals surface area contributed by atoms with Gasteiger partial charge < -0.3 is 10.0 Å². The molecule has 0 saturated carbocycles. The van der Waals surface area contributed by atoms with Crippen molar-refractivity contribution >= 4 is 38.9 Å². The molecule has 3 rings (SSSR count). The molecule has 1 heterocycles. The molecule has 2 aromatic carbocycles. The van der Waals surface area contributed by atoms with Crippen LogP contribution in [-0.2, 0) is 16.6 Å². The van der Waals surface area contributed by atoms with Gasteiger partial charge in [-0.1, -0.05) is 35.9 Å². The SMILES string of the molecule is CN(C)Cc1c(-c2ccc(Cl)cc2)sc(C(=O)O)c1-c1ccc(S(N)(=O)=O)cc1. The third kappa shape index (κ3) is 4.68. The Morgan fingerprint density at radius 1 is 1.07 bits per heavy atom. The van der Waals surface area contributed by atoms with Gasteiger partial charge in [-0.05, 0) is 55.1 Å². The quantitative estimate of drug-likeness (QED) is 0.587. The van der Waals surface area contributed by atoms with Gasteiger partial charge in [-0.3, -0.25) is 0 Å². The maximum atomic E-state index is 12.0. The number of thiophene rings is 1. The second kappa shape index (κ2) is 8.25. The molecule has 0 amide bonds. The summed E-state index contributed by atoms with van der Waals surface area (Å²) in [7, 11) is -0.0328. The molecule has 0 unspecified atom stereocenters. The van der Waals surface area contributed by atoms with Crippen molar-refractivity contribution in [1.82, 2.24) is 4.90 Å². The van der Waals surface area contributed by atoms with E-state index in [1.807, 2.05) is 31.1 Å². The van der Waals surface area contributed by atoms with E-state index >= 15 is 0 Å². The van der Waals surface area contributed by atoms with Crippen molar-refractivity contribution in [1.29, 1.82) is 0 Å². The van der Waals surface area contributed by atoms with Crippen molar-refractivity contribution in [3.8, 4) is 21.6 Å². The molecule has 0 spiro atoms. The molecule has 0 fully saturated rings. The van der Waals surface area contributed by atoms with Crippen molar-refractivity contribution in [3.05, 3.63) is 64.0 Å². The van der Waals surface area contributed by atoms with Crippen LogP contribution in [0.1, 0.15) is 15.2 Å². The Hall–Kier alpha value is -2.23. The van der Waals surface area contributed by atoms with Gasteiger partial charge >= 0.3 is 5.97 Å². The highest BCUT2D eigenvalue weighted by Crippen LogP contribution is 2.43. The summed E-state index contributed by atoms with van der Waals surface area (Å²) in [6.45, 7) is 0.508. The Balaban J connectivity index is 2.26. The Kier molecular flexibility index (Phi) is 6.11. The van der Waals surface area contributed by atoms with E-state index in [-0.39, 0.29) is 9.77 Å². The van der Waals surface area contributed by atoms with Gasteiger partial charge in [-0.2, -0.15) is 0 Å². The molecule has 9 heteroatoms. The summed E-state index contributed by atoms with van der Waals surface area (Å²) in [5.74, 6) is -1.04. The highest BCUT2D eigenvalue weighted by Gasteiger charge is 2.25. The molecule has 0 saturated heterocycles. The molecule has 0 radical (unpaired) electrons. The fraction of sp³-hybridized carbons (Fsp3) is 0.150. The van der Waals surface area contributed by atoms with Crippen molar-refractivity contribution in [2.24, 2.45) is 5.14 Å². The maximum absolute atomic E-state index is 12.0. The third-order valence-corrected chi connectivity index (χ3v) is 6.70. The number of hydrogen-bond donors (Lipinski definition) is 2. The van der Waals surface area contributed by atoms with E-state index < -0.39 is 16.0 Å². The normalized spacial score (nSPS) is 11.8. The van der Waals surface area contributed by atoms with Gasteiger partial charge in [0.2, 0.25) is 10.0 Å². The number of carboxylic acids is 1. The second-order valence-electron chi connectivity index (χ2n) is 6.73. The minimum atomic E-state index is -3.83. The fourth-order valence-electron chi connectivity index (χ4n) is 3.03. The first kappa shape index (κ1) is 21.5. The van der Waals surface area contributed by atoms with Gasteiger partial charge in [0.15, 0.2) is 0 Å². The Morgan fingerprint density at radius 3 is 2.10 bits per heavy atom. The van der Waals surface area contributed by atoms with Crippen LogP contribution in [0.4, 0.5) is 0 Å². The van der Waals surface area contributed by atoms with Crippen LogP contribution >= 0.6 is 22.9 Å². The highest BCUT2D eigenvalue weighted by molar-refractivity contribution is 7.89. The molecular formula is C20H19ClN2O4S2. The van der Waals surface area contributed by atoms with E-state index in [1.54, 1.807) is 24.3 Å². The highest BCUT2D eigenvalue weighted by atomic mass is 35.5. The predicted octanol–water partition coefficient (Wildman–Crippen LogP) is 4.14. The number of primary sulfonamides is 1. The first-order chi connectivity index (χ1) is 13.6. The summed E-state index contributed by atoms with van der Waals surface area (Å²) >= 11 is 7.19. The Bertz CT molecular complexity index is 1150. The van der Waals surface area contributed by atoms with Gasteiger partial charge in [0, 0.05) is 22.0 Å². The fourth-order valence-corrected chi connectivity index (χ4v) is 4.85. The van der Waals surface area contributed by atoms with Crippen molar-refractivity contribution in [2.75, 3.05) is 14.1 Å². The van der Waals surface area contributed by atoms with E-state index in [9.17, 15) is 18.3 Å². The topological polar surface area (TPSA) is 101 Å². The number of aromatic carboxylic acids is 1. The van der Waals surface area contributed by atoms with Crippen LogP contribution in [0.5, 0.6) is 0 Å². The summed E-state index contributed by atoms with van der Waals surface area (Å²) in [5, 5.41) is 15.6. The standard InChI is InChI=1S/C20H19ClN2O4S2/c1-23(2)11-16-17(12-5-9-15(10-6-12)29(22,26)27)19(20(24)25)28-18(16)13-3-7-14(21)8-4-13/h3-10H,11H2,1-2H3,(H,24,25)(H2,22,26,27). The summed E-state index contributed by atoms with van der Waals surface area (Å²) in [6, 6.07) is 13.2. The van der Waals surface area contributed by atoms with Crippen LogP contribution < -0.4 is 5.14 Å². The van der Waals surface area contributed by atoms with Gasteiger partial charge in [0.05, 0.1) is 4.90 Å². The van der Waals surface area contributed by atoms with Crippen molar-refractivity contribution < 1.29 is 18.3 Å². The number of nitrogens with two attached hydrogens (primary N) is 1. The van der Waals surface area contributed by atoms with Gasteiger partial charge in [0.1, 0.15) is 4.88 Å². The number of carbonyl (C=O) groups is 1. The van der Waals surface area contributed by atoms with E-state index in [1.165, 1.54) is 23.5 Å². The van der Waals surface area contributed by atoms with Crippen LogP contribution in [0.25, 0.3) is 21.6 Å². The van der Waals surface area contributed by atoms with E-state index in [0.717, 1.165) is 16.0 Å². The van der Waals surface area contributed by atoms with Crippen LogP contribution in [0.2, 0.25) is 5.02 Å². The van der Waals surface area contributed by atoms with Crippen LogP contribution in [0.15, 0.2) is 53.4 Å². The number of hydrogen-bond acceptors (Lipinski definition) is 5. The molecule has 0 bridgehead atoms. The lowest BCUT2D eigenvalue weighted by molar-refractivity contribution is 0.0703. The first-order valence-electron chi connectivity index (χ1n) is 8.51. The molecule has 3 aromatic rings. The summed E-state index contributed by atoms with van der Waals surface area (Å²) in [6.07, 6.45) is 0. The molecule has 0 aliphatic carbocycles. The predicted molar refractivity (Wildman–Crippen MR) is 116 cm³/mol. The van der Waals surface area contributed by atoms with E-state index in [0.29, 0.717) is 22.7 Å². The van der Waals surface area contributed by atoms with Gasteiger partial charge in [-0.15, -0.1) is 11.3 Å². The molecule has 29 heavy (non-hydrogen) atoms. The number of halogens is 1. The number of sulfonamides is 1. The van der Waals surface area contributed by atoms with Crippen molar-refractivity contribution in [3.63, 3.8) is 0 Å². The van der Waals surface area contributed by atoms with Crippen molar-refractivity contribution in [2.45, 2.75) is 11.4 Å².